The third kappa shape index (κ3) is 3.13. The topological polar surface area (TPSA) is 77.0 Å². The lowest BCUT2D eigenvalue weighted by atomic mass is 9.52. The molecule has 0 spiro atoms. The third-order valence-corrected chi connectivity index (χ3v) is 9.15. The van der Waals surface area contributed by atoms with Crippen molar-refractivity contribution in [3.05, 3.63) is 0 Å². The molecule has 7 atom stereocenters. The Morgan fingerprint density at radius 2 is 1.93 bits per heavy atom. The first kappa shape index (κ1) is 19.5. The Labute approximate surface area is 173 Å². The maximum atomic E-state index is 12.8. The number of hydrogen-bond donors (Lipinski definition) is 1. The fourth-order valence-corrected chi connectivity index (χ4v) is 7.10. The Bertz CT molecular complexity index is 730. The quantitative estimate of drug-likeness (QED) is 0.567. The fraction of sp³-hybridized carbons (Fsp3) is 0.870. The predicted molar refractivity (Wildman–Crippen MR) is 108 cm³/mol. The first-order valence-electron chi connectivity index (χ1n) is 11.6. The molecule has 6 nitrogen and oxygen atoms in total. The molecule has 5 fully saturated rings. The van der Waals surface area contributed by atoms with E-state index in [0.29, 0.717) is 24.5 Å². The van der Waals surface area contributed by atoms with Crippen LogP contribution in [0.2, 0.25) is 0 Å². The number of nitrogens with zero attached hydrogens (tertiary/aromatic N) is 1. The van der Waals surface area contributed by atoms with E-state index in [0.717, 1.165) is 63.7 Å². The molecule has 2 saturated heterocycles. The van der Waals surface area contributed by atoms with Gasteiger partial charge in [-0.15, -0.1) is 0 Å². The van der Waals surface area contributed by atoms with E-state index >= 15 is 0 Å². The molecule has 29 heavy (non-hydrogen) atoms. The molecular formula is C23H34N2O4. The monoisotopic (exact) mass is 402 g/mol. The van der Waals surface area contributed by atoms with E-state index in [4.69, 9.17) is 9.57 Å². The molecule has 2 heterocycles. The Kier molecular flexibility index (Phi) is 4.76. The summed E-state index contributed by atoms with van der Waals surface area (Å²) in [4.78, 5) is 31.2. The van der Waals surface area contributed by atoms with E-state index in [1.807, 2.05) is 0 Å². The van der Waals surface area contributed by atoms with Gasteiger partial charge in [0.25, 0.3) is 0 Å². The zero-order chi connectivity index (χ0) is 20.2. The lowest BCUT2D eigenvalue weighted by molar-refractivity contribution is -0.165. The van der Waals surface area contributed by atoms with Crippen molar-refractivity contribution in [3.63, 3.8) is 0 Å². The number of oxime groups is 1. The largest absolute Gasteiger partial charge is 0.462 e. The highest BCUT2D eigenvalue weighted by atomic mass is 16.6. The number of hydrogen-bond acceptors (Lipinski definition) is 6. The summed E-state index contributed by atoms with van der Waals surface area (Å²) in [5.74, 6) is 1.09. The van der Waals surface area contributed by atoms with Crippen LogP contribution in [0.25, 0.3) is 0 Å². The van der Waals surface area contributed by atoms with Gasteiger partial charge in [-0.3, -0.25) is 9.59 Å². The first-order chi connectivity index (χ1) is 13.9. The lowest BCUT2D eigenvalue weighted by Gasteiger charge is -2.52. The van der Waals surface area contributed by atoms with Crippen LogP contribution >= 0.6 is 0 Å². The van der Waals surface area contributed by atoms with Crippen LogP contribution in [-0.2, 0) is 19.2 Å². The minimum Gasteiger partial charge on any atom is -0.462 e. The van der Waals surface area contributed by atoms with Crippen LogP contribution in [0.4, 0.5) is 0 Å². The number of esters is 1. The smallest absolute Gasteiger partial charge is 0.306 e. The van der Waals surface area contributed by atoms with Crippen molar-refractivity contribution in [1.82, 2.24) is 5.32 Å². The molecule has 160 valence electrons. The van der Waals surface area contributed by atoms with Gasteiger partial charge in [-0.1, -0.05) is 19.0 Å². The standard InChI is InChI=1S/C23H34N2O4/c1-22-8-5-15(25-29-16-7-10-24-13-16)11-14(22)12-20(27)28-21-17-3-4-19(26)23(17,2)9-6-18(21)22/h14,16-18,21,24H,3-13H2,1-2H3/b25-15+/t14?,16-,17+,18+,21+,22+,23+/m1/s1. The van der Waals surface area contributed by atoms with Crippen LogP contribution in [0, 0.1) is 28.6 Å². The van der Waals surface area contributed by atoms with Crippen molar-refractivity contribution in [2.45, 2.75) is 83.8 Å². The second-order valence-electron chi connectivity index (χ2n) is 10.6. The Hall–Kier alpha value is -1.43. The van der Waals surface area contributed by atoms with Crippen molar-refractivity contribution in [3.8, 4) is 0 Å². The molecule has 0 aromatic carbocycles. The molecule has 6 heteroatoms. The molecule has 0 amide bonds. The van der Waals surface area contributed by atoms with Gasteiger partial charge < -0.3 is 14.9 Å². The maximum absolute atomic E-state index is 12.8. The van der Waals surface area contributed by atoms with E-state index in [-0.39, 0.29) is 40.8 Å². The molecular weight excluding hydrogens is 368 g/mol. The van der Waals surface area contributed by atoms with Crippen LogP contribution in [0.1, 0.15) is 71.6 Å². The molecule has 1 N–H and O–H groups in total. The number of Topliss-reactive ketones (excluding diaryl/α,β-unsaturated/α-hetero) is 1. The van der Waals surface area contributed by atoms with Crippen LogP contribution in [0.3, 0.4) is 0 Å². The van der Waals surface area contributed by atoms with Gasteiger partial charge in [0.15, 0.2) is 0 Å². The maximum Gasteiger partial charge on any atom is 0.306 e. The van der Waals surface area contributed by atoms with Gasteiger partial charge in [0.05, 0.1) is 5.71 Å². The second-order valence-corrected chi connectivity index (χ2v) is 10.6. The zero-order valence-electron chi connectivity index (χ0n) is 17.7. The first-order valence-corrected chi connectivity index (χ1v) is 11.6. The van der Waals surface area contributed by atoms with E-state index in [1.165, 1.54) is 0 Å². The minimum atomic E-state index is -0.290. The van der Waals surface area contributed by atoms with Crippen molar-refractivity contribution in [1.29, 1.82) is 0 Å². The molecule has 5 aliphatic rings. The predicted octanol–water partition coefficient (Wildman–Crippen LogP) is 3.24. The Morgan fingerprint density at radius 1 is 1.07 bits per heavy atom. The number of fused-ring (bicyclic) bond motifs is 5. The molecule has 0 radical (unpaired) electrons. The normalized spacial score (nSPS) is 48.5. The summed E-state index contributed by atoms with van der Waals surface area (Å²) < 4.78 is 6.11. The Balaban J connectivity index is 1.37. The molecule has 3 aliphatic carbocycles. The molecule has 1 unspecified atom stereocenters. The van der Waals surface area contributed by atoms with Crippen molar-refractivity contribution in [2.75, 3.05) is 13.1 Å². The van der Waals surface area contributed by atoms with Gasteiger partial charge in [-0.25, -0.2) is 0 Å². The number of ether oxygens (including phenoxy) is 1. The van der Waals surface area contributed by atoms with Gasteiger partial charge >= 0.3 is 5.97 Å². The highest BCUT2D eigenvalue weighted by molar-refractivity contribution is 5.88. The summed E-state index contributed by atoms with van der Waals surface area (Å²) in [6.45, 7) is 6.35. The van der Waals surface area contributed by atoms with Gasteiger partial charge in [0, 0.05) is 43.1 Å². The highest BCUT2D eigenvalue weighted by Gasteiger charge is 2.61. The molecule has 2 aliphatic heterocycles. The van der Waals surface area contributed by atoms with Crippen molar-refractivity contribution >= 4 is 17.5 Å². The zero-order valence-corrected chi connectivity index (χ0v) is 17.7. The number of carbonyl (C=O) groups excluding carboxylic acids is 2. The van der Waals surface area contributed by atoms with E-state index in [9.17, 15) is 9.59 Å². The minimum absolute atomic E-state index is 0.0672. The molecule has 0 aromatic heterocycles. The van der Waals surface area contributed by atoms with Crippen molar-refractivity contribution in [2.24, 2.45) is 33.7 Å². The number of rotatable bonds is 2. The summed E-state index contributed by atoms with van der Waals surface area (Å²) in [5, 5.41) is 7.80. The van der Waals surface area contributed by atoms with Crippen LogP contribution in [-0.4, -0.2) is 42.8 Å². The van der Waals surface area contributed by atoms with Gasteiger partial charge in [-0.2, -0.15) is 0 Å². The summed E-state index contributed by atoms with van der Waals surface area (Å²) in [5.41, 5.74) is 0.877. The van der Waals surface area contributed by atoms with E-state index < -0.39 is 0 Å². The average molecular weight is 403 g/mol. The van der Waals surface area contributed by atoms with Gasteiger partial charge in [0.2, 0.25) is 0 Å². The summed E-state index contributed by atoms with van der Waals surface area (Å²) in [6, 6.07) is 0. The molecule has 0 aromatic rings. The lowest BCUT2D eigenvalue weighted by Crippen LogP contribution is -2.52. The second kappa shape index (κ2) is 7.07. The van der Waals surface area contributed by atoms with Crippen LogP contribution < -0.4 is 5.32 Å². The Morgan fingerprint density at radius 3 is 2.72 bits per heavy atom. The highest BCUT2D eigenvalue weighted by Crippen LogP contribution is 2.61. The summed E-state index contributed by atoms with van der Waals surface area (Å²) in [6.07, 6.45) is 7.79. The van der Waals surface area contributed by atoms with Crippen LogP contribution in [0.15, 0.2) is 5.16 Å². The molecule has 0 bridgehead atoms. The SMILES string of the molecule is C[C@]12CC/C(=N\O[C@@H]3CCNC3)CC1CC(=O)O[C@@H]1[C@@H]2CC[C@]2(C)C(=O)CC[C@@H]12. The van der Waals surface area contributed by atoms with Gasteiger partial charge in [0.1, 0.15) is 18.0 Å². The summed E-state index contributed by atoms with van der Waals surface area (Å²) in [7, 11) is 0. The number of ketones is 1. The van der Waals surface area contributed by atoms with Crippen LogP contribution in [0.5, 0.6) is 0 Å². The third-order valence-electron chi connectivity index (χ3n) is 9.15. The van der Waals surface area contributed by atoms with Gasteiger partial charge in [-0.05, 0) is 56.4 Å². The molecule has 5 rings (SSSR count). The average Bonchev–Trinajstić information content (AvgIpc) is 3.28. The fourth-order valence-electron chi connectivity index (χ4n) is 7.10. The van der Waals surface area contributed by atoms with E-state index in [2.05, 4.69) is 24.3 Å². The van der Waals surface area contributed by atoms with E-state index in [1.54, 1.807) is 0 Å². The number of nitrogens with one attached hydrogen (secondary N) is 1. The summed E-state index contributed by atoms with van der Waals surface area (Å²) >= 11 is 0. The molecule has 3 saturated carbocycles. The number of carbonyl (C=O) groups is 2. The van der Waals surface area contributed by atoms with Crippen molar-refractivity contribution < 1.29 is 19.2 Å².